The number of benzene rings is 2. The number of nitrogens with one attached hydrogen (secondary N) is 1. The molecule has 0 bridgehead atoms. The minimum Gasteiger partial charge on any atom is -0.496 e. The highest BCUT2D eigenvalue weighted by Crippen LogP contribution is 2.32. The van der Waals surface area contributed by atoms with E-state index in [2.05, 4.69) is 20.6 Å². The Morgan fingerprint density at radius 3 is 2.82 bits per heavy atom. The van der Waals surface area contributed by atoms with E-state index in [1.54, 1.807) is 25.3 Å². The summed E-state index contributed by atoms with van der Waals surface area (Å²) >= 11 is 5.99. The van der Waals surface area contributed by atoms with Gasteiger partial charge in [0.25, 0.3) is 5.91 Å². The number of halogens is 1. The molecule has 140 valence electrons. The summed E-state index contributed by atoms with van der Waals surface area (Å²) in [5.74, 6) is 0.357. The van der Waals surface area contributed by atoms with Crippen LogP contribution in [-0.2, 0) is 6.54 Å². The first-order chi connectivity index (χ1) is 13.7. The summed E-state index contributed by atoms with van der Waals surface area (Å²) in [5.41, 5.74) is 3.19. The van der Waals surface area contributed by atoms with Gasteiger partial charge in [0.1, 0.15) is 17.8 Å². The van der Waals surface area contributed by atoms with Crippen molar-refractivity contribution in [2.75, 3.05) is 7.11 Å². The van der Waals surface area contributed by atoms with Gasteiger partial charge in [0.15, 0.2) is 5.65 Å². The maximum atomic E-state index is 12.7. The highest BCUT2D eigenvalue weighted by molar-refractivity contribution is 6.30. The molecule has 4 rings (SSSR count). The van der Waals surface area contributed by atoms with Gasteiger partial charge in [0.2, 0.25) is 0 Å². The van der Waals surface area contributed by atoms with E-state index in [-0.39, 0.29) is 11.6 Å². The smallest absolute Gasteiger partial charge is 0.272 e. The van der Waals surface area contributed by atoms with E-state index in [9.17, 15) is 4.79 Å². The molecule has 4 aromatic rings. The largest absolute Gasteiger partial charge is 0.496 e. The van der Waals surface area contributed by atoms with E-state index < -0.39 is 0 Å². The molecule has 8 heteroatoms. The summed E-state index contributed by atoms with van der Waals surface area (Å²) in [7, 11) is 1.60. The molecule has 1 N–H and O–H groups in total. The molecule has 7 nitrogen and oxygen atoms in total. The van der Waals surface area contributed by atoms with Gasteiger partial charge in [0.05, 0.1) is 7.11 Å². The van der Waals surface area contributed by atoms with Crippen molar-refractivity contribution in [1.82, 2.24) is 25.1 Å². The lowest BCUT2D eigenvalue weighted by Gasteiger charge is -2.11. The van der Waals surface area contributed by atoms with Crippen LogP contribution in [0.1, 0.15) is 16.1 Å². The normalized spacial score (nSPS) is 10.8. The maximum Gasteiger partial charge on any atom is 0.272 e. The van der Waals surface area contributed by atoms with E-state index >= 15 is 0 Å². The highest BCUT2D eigenvalue weighted by atomic mass is 35.5. The molecule has 0 spiro atoms. The topological polar surface area (TPSA) is 81.4 Å². The van der Waals surface area contributed by atoms with Crippen LogP contribution in [0.2, 0.25) is 5.02 Å². The van der Waals surface area contributed by atoms with E-state index in [0.29, 0.717) is 28.5 Å². The molecule has 2 aromatic heterocycles. The number of aromatic nitrogens is 4. The number of nitrogens with zero attached hydrogens (tertiary/aromatic N) is 4. The minimum atomic E-state index is -0.313. The van der Waals surface area contributed by atoms with Crippen LogP contribution < -0.4 is 10.1 Å². The predicted molar refractivity (Wildman–Crippen MR) is 105 cm³/mol. The van der Waals surface area contributed by atoms with Gasteiger partial charge in [-0.05, 0) is 29.8 Å². The van der Waals surface area contributed by atoms with E-state index in [1.807, 2.05) is 36.4 Å². The summed E-state index contributed by atoms with van der Waals surface area (Å²) in [6.07, 6.45) is 1.46. The van der Waals surface area contributed by atoms with Crippen molar-refractivity contribution in [1.29, 1.82) is 0 Å². The standard InChI is InChI=1S/C20H16ClN5O2/c1-28-18-8-3-2-7-15(18)16-10-17(25-26-12-23-24-19(16)26)20(27)22-11-13-5-4-6-14(21)9-13/h2-10,12H,11H2,1H3,(H,22,27). The third-order valence-electron chi connectivity index (χ3n) is 4.24. The summed E-state index contributed by atoms with van der Waals surface area (Å²) in [6.45, 7) is 0.339. The number of fused-ring (bicyclic) bond motifs is 1. The van der Waals surface area contributed by atoms with Gasteiger partial charge in [-0.3, -0.25) is 4.79 Å². The number of hydrogen-bond donors (Lipinski definition) is 1. The van der Waals surface area contributed by atoms with Crippen molar-refractivity contribution in [2.24, 2.45) is 0 Å². The number of amides is 1. The van der Waals surface area contributed by atoms with Crippen LogP contribution >= 0.6 is 11.6 Å². The number of methoxy groups -OCH3 is 1. The lowest BCUT2D eigenvalue weighted by atomic mass is 10.1. The molecule has 2 aromatic carbocycles. The fraction of sp³-hybridized carbons (Fsp3) is 0.100. The average Bonchev–Trinajstić information content (AvgIpc) is 3.20. The Labute approximate surface area is 165 Å². The number of para-hydroxylation sites is 1. The third-order valence-corrected chi connectivity index (χ3v) is 4.47. The van der Waals surface area contributed by atoms with Gasteiger partial charge in [-0.2, -0.15) is 9.61 Å². The monoisotopic (exact) mass is 393 g/mol. The van der Waals surface area contributed by atoms with Gasteiger partial charge in [0, 0.05) is 22.7 Å². The summed E-state index contributed by atoms with van der Waals surface area (Å²) in [4.78, 5) is 12.7. The first-order valence-corrected chi connectivity index (χ1v) is 8.90. The zero-order chi connectivity index (χ0) is 19.5. The highest BCUT2D eigenvalue weighted by Gasteiger charge is 2.17. The van der Waals surface area contributed by atoms with Gasteiger partial charge < -0.3 is 10.1 Å². The quantitative estimate of drug-likeness (QED) is 0.562. The second-order valence-electron chi connectivity index (χ2n) is 6.06. The van der Waals surface area contributed by atoms with E-state index in [0.717, 1.165) is 11.1 Å². The van der Waals surface area contributed by atoms with Gasteiger partial charge in [-0.15, -0.1) is 10.2 Å². The lowest BCUT2D eigenvalue weighted by molar-refractivity contribution is 0.0944. The Hall–Kier alpha value is -3.45. The fourth-order valence-corrected chi connectivity index (χ4v) is 3.14. The average molecular weight is 394 g/mol. The van der Waals surface area contributed by atoms with Crippen molar-refractivity contribution in [3.05, 3.63) is 77.2 Å². The van der Waals surface area contributed by atoms with Crippen LogP contribution in [0.3, 0.4) is 0 Å². The van der Waals surface area contributed by atoms with Crippen LogP contribution in [0.25, 0.3) is 16.8 Å². The second-order valence-corrected chi connectivity index (χ2v) is 6.49. The zero-order valence-corrected chi connectivity index (χ0v) is 15.7. The van der Waals surface area contributed by atoms with Gasteiger partial charge in [-0.25, -0.2) is 0 Å². The molecule has 0 atom stereocenters. The SMILES string of the molecule is COc1ccccc1-c1cc(C(=O)NCc2cccc(Cl)c2)nn2cnnc12. The third kappa shape index (κ3) is 3.52. The maximum absolute atomic E-state index is 12.7. The molecular weight excluding hydrogens is 378 g/mol. The summed E-state index contributed by atoms with van der Waals surface area (Å²) in [5, 5.41) is 15.8. The Kier molecular flexibility index (Phi) is 4.90. The van der Waals surface area contributed by atoms with Crippen LogP contribution in [-0.4, -0.2) is 32.8 Å². The fourth-order valence-electron chi connectivity index (χ4n) is 2.92. The first kappa shape index (κ1) is 17.9. The van der Waals surface area contributed by atoms with E-state index in [1.165, 1.54) is 10.8 Å². The van der Waals surface area contributed by atoms with Crippen LogP contribution in [0.5, 0.6) is 5.75 Å². The second kappa shape index (κ2) is 7.66. The van der Waals surface area contributed by atoms with Crippen molar-refractivity contribution >= 4 is 23.2 Å². The Bertz CT molecular complexity index is 1160. The van der Waals surface area contributed by atoms with Crippen molar-refractivity contribution in [2.45, 2.75) is 6.54 Å². The first-order valence-electron chi connectivity index (χ1n) is 8.53. The minimum absolute atomic E-state index is 0.246. The number of ether oxygens (including phenoxy) is 1. The molecule has 0 fully saturated rings. The van der Waals surface area contributed by atoms with Crippen molar-refractivity contribution in [3.8, 4) is 16.9 Å². The van der Waals surface area contributed by atoms with Crippen LogP contribution in [0, 0.1) is 0 Å². The number of carbonyl (C=O) groups excluding carboxylic acids is 1. The zero-order valence-electron chi connectivity index (χ0n) is 15.0. The van der Waals surface area contributed by atoms with Crippen LogP contribution in [0.4, 0.5) is 0 Å². The number of rotatable bonds is 5. The summed E-state index contributed by atoms with van der Waals surface area (Å²) in [6, 6.07) is 16.5. The molecule has 0 saturated carbocycles. The van der Waals surface area contributed by atoms with Gasteiger partial charge in [-0.1, -0.05) is 41.9 Å². The Morgan fingerprint density at radius 1 is 1.14 bits per heavy atom. The molecule has 0 aliphatic rings. The van der Waals surface area contributed by atoms with Gasteiger partial charge >= 0.3 is 0 Å². The van der Waals surface area contributed by atoms with Crippen molar-refractivity contribution < 1.29 is 9.53 Å². The molecule has 2 heterocycles. The molecule has 1 amide bonds. The predicted octanol–water partition coefficient (Wildman–Crippen LogP) is 3.38. The lowest BCUT2D eigenvalue weighted by Crippen LogP contribution is -2.24. The molecule has 0 radical (unpaired) electrons. The molecule has 0 aliphatic heterocycles. The van der Waals surface area contributed by atoms with Crippen molar-refractivity contribution in [3.63, 3.8) is 0 Å². The molecule has 0 saturated heterocycles. The number of carbonyl (C=O) groups is 1. The van der Waals surface area contributed by atoms with Crippen LogP contribution in [0.15, 0.2) is 60.9 Å². The summed E-state index contributed by atoms with van der Waals surface area (Å²) < 4.78 is 6.93. The molecule has 0 unspecified atom stereocenters. The number of hydrogen-bond acceptors (Lipinski definition) is 5. The molecular formula is C20H16ClN5O2. The van der Waals surface area contributed by atoms with E-state index in [4.69, 9.17) is 16.3 Å². The Morgan fingerprint density at radius 2 is 2.00 bits per heavy atom. The Balaban J connectivity index is 1.69. The molecule has 28 heavy (non-hydrogen) atoms. The molecule has 0 aliphatic carbocycles.